The molecule has 0 aliphatic heterocycles. The highest BCUT2D eigenvalue weighted by atomic mass is 32.1. The average Bonchev–Trinajstić information content (AvgIpc) is 2.89. The average molecular weight is 273 g/mol. The highest BCUT2D eigenvalue weighted by Gasteiger charge is 2.27. The minimum atomic E-state index is -0.0347. The van der Waals surface area contributed by atoms with Crippen molar-refractivity contribution in [2.45, 2.75) is 25.2 Å². The van der Waals surface area contributed by atoms with E-state index in [4.69, 9.17) is 5.73 Å². The number of nitrogens with one attached hydrogen (secondary N) is 1. The molecule has 0 bridgehead atoms. The summed E-state index contributed by atoms with van der Waals surface area (Å²) in [6, 6.07) is 5.54. The van der Waals surface area contributed by atoms with Gasteiger partial charge >= 0.3 is 0 Å². The van der Waals surface area contributed by atoms with E-state index in [1.54, 1.807) is 29.7 Å². The van der Waals surface area contributed by atoms with Crippen LogP contribution in [0.15, 0.2) is 29.8 Å². The molecule has 19 heavy (non-hydrogen) atoms. The highest BCUT2D eigenvalue weighted by molar-refractivity contribution is 7.10. The van der Waals surface area contributed by atoms with Gasteiger partial charge in [-0.25, -0.2) is 4.98 Å². The first-order chi connectivity index (χ1) is 9.24. The molecule has 3 rings (SSSR count). The van der Waals surface area contributed by atoms with Gasteiger partial charge in [0.1, 0.15) is 5.82 Å². The zero-order valence-electron chi connectivity index (χ0n) is 10.4. The minimum absolute atomic E-state index is 0.0347. The molecule has 4 nitrogen and oxygen atoms in total. The molecule has 5 heteroatoms. The van der Waals surface area contributed by atoms with Crippen molar-refractivity contribution in [1.82, 2.24) is 4.98 Å². The summed E-state index contributed by atoms with van der Waals surface area (Å²) in [6.07, 6.45) is 4.67. The molecule has 0 fully saturated rings. The summed E-state index contributed by atoms with van der Waals surface area (Å²) < 4.78 is 0. The van der Waals surface area contributed by atoms with Gasteiger partial charge in [0.05, 0.1) is 17.8 Å². The predicted octanol–water partition coefficient (Wildman–Crippen LogP) is 2.78. The van der Waals surface area contributed by atoms with Crippen molar-refractivity contribution in [2.24, 2.45) is 0 Å². The molecule has 98 valence electrons. The lowest BCUT2D eigenvalue weighted by Gasteiger charge is -2.21. The van der Waals surface area contributed by atoms with Crippen molar-refractivity contribution in [1.29, 1.82) is 0 Å². The number of hydrogen-bond acceptors (Lipinski definition) is 4. The lowest BCUT2D eigenvalue weighted by Crippen LogP contribution is -2.23. The Bertz CT molecular complexity index is 591. The van der Waals surface area contributed by atoms with Gasteiger partial charge in [-0.3, -0.25) is 4.79 Å². The van der Waals surface area contributed by atoms with Crippen LogP contribution in [0.1, 0.15) is 29.2 Å². The van der Waals surface area contributed by atoms with E-state index >= 15 is 0 Å². The number of fused-ring (bicyclic) bond motifs is 1. The summed E-state index contributed by atoms with van der Waals surface area (Å²) in [7, 11) is 0. The number of nitrogens with two attached hydrogens (primary N) is 1. The number of rotatable bonds is 2. The van der Waals surface area contributed by atoms with Gasteiger partial charge in [-0.1, -0.05) is 0 Å². The Hall–Kier alpha value is -1.88. The maximum atomic E-state index is 12.3. The maximum absolute atomic E-state index is 12.3. The molecular formula is C14H15N3OS. The van der Waals surface area contributed by atoms with Gasteiger partial charge < -0.3 is 11.1 Å². The fourth-order valence-electron chi connectivity index (χ4n) is 2.47. The van der Waals surface area contributed by atoms with Gasteiger partial charge in [0.2, 0.25) is 5.91 Å². The monoisotopic (exact) mass is 273 g/mol. The van der Waals surface area contributed by atoms with Crippen molar-refractivity contribution in [3.63, 3.8) is 0 Å². The van der Waals surface area contributed by atoms with Gasteiger partial charge in [-0.05, 0) is 48.4 Å². The number of aryl methyl sites for hydroxylation is 1. The molecule has 0 saturated heterocycles. The standard InChI is InChI=1S/C14H15N3OS/c15-13-5-4-9(8-16-13)17-14(18)11-2-1-3-12-10(11)6-7-19-12/h4-8,11H,1-3H2,(H2,15,16)(H,17,18). The molecule has 0 saturated carbocycles. The Morgan fingerprint density at radius 1 is 1.42 bits per heavy atom. The van der Waals surface area contributed by atoms with Crippen molar-refractivity contribution < 1.29 is 4.79 Å². The number of pyridine rings is 1. The van der Waals surface area contributed by atoms with E-state index in [1.165, 1.54) is 10.4 Å². The van der Waals surface area contributed by atoms with Crippen LogP contribution in [0.2, 0.25) is 0 Å². The van der Waals surface area contributed by atoms with Crippen molar-refractivity contribution >= 4 is 28.7 Å². The van der Waals surface area contributed by atoms with Gasteiger partial charge in [0, 0.05) is 4.88 Å². The number of amides is 1. The van der Waals surface area contributed by atoms with Crippen LogP contribution in [0.5, 0.6) is 0 Å². The molecular weight excluding hydrogens is 258 g/mol. The summed E-state index contributed by atoms with van der Waals surface area (Å²) in [4.78, 5) is 17.7. The number of nitrogen functional groups attached to an aromatic ring is 1. The van der Waals surface area contributed by atoms with Gasteiger partial charge in [-0.2, -0.15) is 0 Å². The largest absolute Gasteiger partial charge is 0.384 e. The first kappa shape index (κ1) is 12.2. The Morgan fingerprint density at radius 3 is 3.11 bits per heavy atom. The van der Waals surface area contributed by atoms with Gasteiger partial charge in [-0.15, -0.1) is 11.3 Å². The van der Waals surface area contributed by atoms with E-state index in [1.807, 2.05) is 0 Å². The first-order valence-electron chi connectivity index (χ1n) is 6.32. The molecule has 1 unspecified atom stereocenters. The number of anilines is 2. The quantitative estimate of drug-likeness (QED) is 0.884. The molecule has 0 radical (unpaired) electrons. The third kappa shape index (κ3) is 2.46. The predicted molar refractivity (Wildman–Crippen MR) is 77.3 cm³/mol. The zero-order chi connectivity index (χ0) is 13.2. The zero-order valence-corrected chi connectivity index (χ0v) is 11.2. The second kappa shape index (κ2) is 5.01. The molecule has 0 aromatic carbocycles. The van der Waals surface area contributed by atoms with Crippen LogP contribution in [0.3, 0.4) is 0 Å². The minimum Gasteiger partial charge on any atom is -0.384 e. The molecule has 0 spiro atoms. The Balaban J connectivity index is 1.77. The fraction of sp³-hybridized carbons (Fsp3) is 0.286. The van der Waals surface area contributed by atoms with Crippen molar-refractivity contribution in [2.75, 3.05) is 11.1 Å². The third-order valence-electron chi connectivity index (χ3n) is 3.42. The number of hydrogen-bond donors (Lipinski definition) is 2. The normalized spacial score (nSPS) is 17.8. The van der Waals surface area contributed by atoms with E-state index in [9.17, 15) is 4.79 Å². The van der Waals surface area contributed by atoms with Crippen LogP contribution in [0.4, 0.5) is 11.5 Å². The Kier molecular flexibility index (Phi) is 3.21. The molecule has 3 N–H and O–H groups in total. The van der Waals surface area contributed by atoms with Crippen molar-refractivity contribution in [3.05, 3.63) is 40.2 Å². The lowest BCUT2D eigenvalue weighted by atomic mass is 9.87. The highest BCUT2D eigenvalue weighted by Crippen LogP contribution is 2.35. The number of aromatic nitrogens is 1. The van der Waals surface area contributed by atoms with Crippen LogP contribution >= 0.6 is 11.3 Å². The van der Waals surface area contributed by atoms with E-state index in [-0.39, 0.29) is 11.8 Å². The van der Waals surface area contributed by atoms with Crippen LogP contribution in [-0.4, -0.2) is 10.9 Å². The number of carbonyl (C=O) groups is 1. The smallest absolute Gasteiger partial charge is 0.231 e. The molecule has 1 aliphatic rings. The Morgan fingerprint density at radius 2 is 2.32 bits per heavy atom. The van der Waals surface area contributed by atoms with E-state index in [0.29, 0.717) is 11.5 Å². The van der Waals surface area contributed by atoms with E-state index < -0.39 is 0 Å². The van der Waals surface area contributed by atoms with E-state index in [0.717, 1.165) is 19.3 Å². The molecule has 2 aromatic rings. The molecule has 1 amide bonds. The fourth-order valence-corrected chi connectivity index (χ4v) is 3.45. The second-order valence-electron chi connectivity index (χ2n) is 4.70. The third-order valence-corrected chi connectivity index (χ3v) is 4.42. The van der Waals surface area contributed by atoms with E-state index in [2.05, 4.69) is 21.7 Å². The first-order valence-corrected chi connectivity index (χ1v) is 7.20. The van der Waals surface area contributed by atoms with Crippen LogP contribution in [0.25, 0.3) is 0 Å². The second-order valence-corrected chi connectivity index (χ2v) is 5.71. The SMILES string of the molecule is Nc1ccc(NC(=O)C2CCCc3sccc32)cn1. The summed E-state index contributed by atoms with van der Waals surface area (Å²) in [6.45, 7) is 0. The number of carbonyl (C=O) groups excluding carboxylic acids is 1. The lowest BCUT2D eigenvalue weighted by molar-refractivity contribution is -0.117. The molecule has 1 aliphatic carbocycles. The molecule has 2 heterocycles. The number of thiophene rings is 1. The van der Waals surface area contributed by atoms with Crippen LogP contribution in [0, 0.1) is 0 Å². The summed E-state index contributed by atoms with van der Waals surface area (Å²) in [5.41, 5.74) is 7.41. The summed E-state index contributed by atoms with van der Waals surface area (Å²) in [5, 5.41) is 4.99. The molecule has 2 aromatic heterocycles. The van der Waals surface area contributed by atoms with Crippen molar-refractivity contribution in [3.8, 4) is 0 Å². The Labute approximate surface area is 115 Å². The number of nitrogens with zero attached hydrogens (tertiary/aromatic N) is 1. The summed E-state index contributed by atoms with van der Waals surface area (Å²) in [5.74, 6) is 0.467. The van der Waals surface area contributed by atoms with Crippen LogP contribution < -0.4 is 11.1 Å². The molecule has 1 atom stereocenters. The van der Waals surface area contributed by atoms with Gasteiger partial charge in [0.15, 0.2) is 0 Å². The maximum Gasteiger partial charge on any atom is 0.231 e. The van der Waals surface area contributed by atoms with Gasteiger partial charge in [0.25, 0.3) is 0 Å². The summed E-state index contributed by atoms with van der Waals surface area (Å²) >= 11 is 1.75. The van der Waals surface area contributed by atoms with Crippen LogP contribution in [-0.2, 0) is 11.2 Å². The topological polar surface area (TPSA) is 68.0 Å².